The average Bonchev–Trinajstić information content (AvgIpc) is 3.44. The van der Waals surface area contributed by atoms with Crippen molar-refractivity contribution in [3.05, 3.63) is 41.6 Å². The van der Waals surface area contributed by atoms with Gasteiger partial charge >= 0.3 is 0 Å². The van der Waals surface area contributed by atoms with Crippen LogP contribution in [0.15, 0.2) is 24.5 Å². The minimum Gasteiger partial charge on any atom is -0.383 e. The molecule has 0 aliphatic carbocycles. The molecular formula is C22H25ClN8O. The molecule has 3 aromatic heterocycles. The Bertz CT molecular complexity index is 1350. The zero-order chi connectivity index (χ0) is 21.5. The largest absolute Gasteiger partial charge is 0.383 e. The molecule has 166 valence electrons. The number of nitrogens with zero attached hydrogens (tertiary/aromatic N) is 6. The number of halogens is 1. The molecule has 32 heavy (non-hydrogen) atoms. The number of aromatic nitrogens is 6. The summed E-state index contributed by atoms with van der Waals surface area (Å²) in [6, 6.07) is 6.46. The number of anilines is 1. The third kappa shape index (κ3) is 3.77. The highest BCUT2D eigenvalue weighted by Gasteiger charge is 2.28. The summed E-state index contributed by atoms with van der Waals surface area (Å²) in [5.74, 6) is 7.75. The number of rotatable bonds is 3. The number of nitrogens with one attached hydrogen (secondary N) is 1. The molecule has 1 saturated heterocycles. The Morgan fingerprint density at radius 1 is 1.28 bits per heavy atom. The van der Waals surface area contributed by atoms with Gasteiger partial charge in [0.2, 0.25) is 0 Å². The molecule has 1 aliphatic heterocycles. The van der Waals surface area contributed by atoms with Gasteiger partial charge in [-0.2, -0.15) is 5.10 Å². The molecule has 1 fully saturated rings. The first-order valence-electron chi connectivity index (χ1n) is 10.2. The number of nitrogen functional groups attached to an aromatic ring is 1. The van der Waals surface area contributed by atoms with Crippen molar-refractivity contribution in [3.8, 4) is 11.8 Å². The van der Waals surface area contributed by atoms with Crippen molar-refractivity contribution in [2.75, 3.05) is 26.0 Å². The van der Waals surface area contributed by atoms with Crippen LogP contribution in [0.5, 0.6) is 0 Å². The number of aryl methyl sites for hydroxylation is 2. The Morgan fingerprint density at radius 3 is 2.94 bits per heavy atom. The lowest BCUT2D eigenvalue weighted by Crippen LogP contribution is -2.25. The van der Waals surface area contributed by atoms with Crippen LogP contribution in [0.4, 0.5) is 5.82 Å². The number of imidazole rings is 1. The standard InChI is InChI=1S/C22H24N8O.ClH/c1-13-27-18-8-14(5-7-19(18)29(13)2)4-6-17-20-21(23)25-12-26-22(20)30(28-17)16-9-15(11-31-3)24-10-16;/h5,7-8,12,15-16,24H,9-11H2,1-3H3,(H2,23,25,26);1H/t15-,16+;/m1./s1. The Kier molecular flexibility index (Phi) is 6.02. The van der Waals surface area contributed by atoms with Crippen molar-refractivity contribution < 1.29 is 4.74 Å². The predicted molar refractivity (Wildman–Crippen MR) is 126 cm³/mol. The quantitative estimate of drug-likeness (QED) is 0.457. The summed E-state index contributed by atoms with van der Waals surface area (Å²) in [5.41, 5.74) is 10.3. The number of hydrogen-bond acceptors (Lipinski definition) is 7. The first-order valence-corrected chi connectivity index (χ1v) is 10.2. The molecule has 3 N–H and O–H groups in total. The topological polar surface area (TPSA) is 109 Å². The molecule has 0 radical (unpaired) electrons. The zero-order valence-corrected chi connectivity index (χ0v) is 19.0. The lowest BCUT2D eigenvalue weighted by Gasteiger charge is -2.10. The van der Waals surface area contributed by atoms with Gasteiger partial charge in [0, 0.05) is 32.3 Å². The Morgan fingerprint density at radius 2 is 2.12 bits per heavy atom. The molecule has 5 rings (SSSR count). The summed E-state index contributed by atoms with van der Waals surface area (Å²) >= 11 is 0. The molecule has 1 aliphatic rings. The maximum Gasteiger partial charge on any atom is 0.164 e. The lowest BCUT2D eigenvalue weighted by molar-refractivity contribution is 0.172. The van der Waals surface area contributed by atoms with E-state index in [4.69, 9.17) is 15.6 Å². The van der Waals surface area contributed by atoms with E-state index in [1.165, 1.54) is 6.33 Å². The third-order valence-corrected chi connectivity index (χ3v) is 5.86. The van der Waals surface area contributed by atoms with Crippen LogP contribution in [0.25, 0.3) is 22.1 Å². The summed E-state index contributed by atoms with van der Waals surface area (Å²) in [6.07, 6.45) is 2.37. The maximum atomic E-state index is 6.19. The van der Waals surface area contributed by atoms with Crippen molar-refractivity contribution in [2.45, 2.75) is 25.4 Å². The van der Waals surface area contributed by atoms with Gasteiger partial charge in [0.25, 0.3) is 0 Å². The number of hydrogen-bond donors (Lipinski definition) is 2. The minimum absolute atomic E-state index is 0. The van der Waals surface area contributed by atoms with Gasteiger partial charge < -0.3 is 20.4 Å². The second-order valence-corrected chi connectivity index (χ2v) is 7.87. The van der Waals surface area contributed by atoms with Crippen molar-refractivity contribution in [1.82, 2.24) is 34.6 Å². The van der Waals surface area contributed by atoms with Crippen LogP contribution in [0.2, 0.25) is 0 Å². The smallest absolute Gasteiger partial charge is 0.164 e. The van der Waals surface area contributed by atoms with Crippen LogP contribution in [-0.4, -0.2) is 55.6 Å². The highest BCUT2D eigenvalue weighted by molar-refractivity contribution is 5.90. The zero-order valence-electron chi connectivity index (χ0n) is 18.2. The normalized spacial score (nSPS) is 18.0. The molecule has 4 heterocycles. The van der Waals surface area contributed by atoms with Crippen molar-refractivity contribution >= 4 is 40.3 Å². The molecule has 0 bridgehead atoms. The highest BCUT2D eigenvalue weighted by Crippen LogP contribution is 2.27. The van der Waals surface area contributed by atoms with Crippen LogP contribution < -0.4 is 11.1 Å². The van der Waals surface area contributed by atoms with Crippen molar-refractivity contribution in [2.24, 2.45) is 7.05 Å². The van der Waals surface area contributed by atoms with Gasteiger partial charge in [0.15, 0.2) is 5.65 Å². The Balaban J connectivity index is 0.00000245. The average molecular weight is 453 g/mol. The van der Waals surface area contributed by atoms with Crippen LogP contribution in [0.1, 0.15) is 29.5 Å². The van der Waals surface area contributed by atoms with Gasteiger partial charge in [-0.05, 0) is 37.5 Å². The van der Waals surface area contributed by atoms with Gasteiger partial charge in [-0.25, -0.2) is 19.6 Å². The van der Waals surface area contributed by atoms with E-state index in [1.54, 1.807) is 7.11 Å². The van der Waals surface area contributed by atoms with Crippen molar-refractivity contribution in [1.29, 1.82) is 0 Å². The molecular weight excluding hydrogens is 428 g/mol. The number of nitrogens with two attached hydrogens (primary N) is 1. The van der Waals surface area contributed by atoms with Crippen LogP contribution in [-0.2, 0) is 11.8 Å². The lowest BCUT2D eigenvalue weighted by atomic mass is 10.2. The molecule has 9 nitrogen and oxygen atoms in total. The second-order valence-electron chi connectivity index (χ2n) is 7.87. The fourth-order valence-corrected chi connectivity index (χ4v) is 4.18. The van der Waals surface area contributed by atoms with E-state index in [0.717, 1.165) is 35.4 Å². The number of ether oxygens (including phenoxy) is 1. The van der Waals surface area contributed by atoms with E-state index < -0.39 is 0 Å². The molecule has 0 unspecified atom stereocenters. The van der Waals surface area contributed by atoms with E-state index in [0.29, 0.717) is 29.2 Å². The third-order valence-electron chi connectivity index (χ3n) is 5.86. The number of methoxy groups -OCH3 is 1. The number of fused-ring (bicyclic) bond motifs is 2. The molecule has 0 amide bonds. The predicted octanol–water partition coefficient (Wildman–Crippen LogP) is 1.97. The monoisotopic (exact) mass is 452 g/mol. The molecule has 1 aromatic carbocycles. The Labute approximate surface area is 191 Å². The summed E-state index contributed by atoms with van der Waals surface area (Å²) in [7, 11) is 3.72. The van der Waals surface area contributed by atoms with Gasteiger partial charge in [-0.3, -0.25) is 0 Å². The van der Waals surface area contributed by atoms with Crippen LogP contribution in [0.3, 0.4) is 0 Å². The maximum absolute atomic E-state index is 6.19. The molecule has 2 atom stereocenters. The summed E-state index contributed by atoms with van der Waals surface area (Å²) < 4.78 is 9.27. The van der Waals surface area contributed by atoms with E-state index >= 15 is 0 Å². The summed E-state index contributed by atoms with van der Waals surface area (Å²) in [5, 5.41) is 8.95. The molecule has 10 heteroatoms. The first kappa shape index (κ1) is 22.0. The number of benzene rings is 1. The van der Waals surface area contributed by atoms with E-state index in [-0.39, 0.29) is 24.5 Å². The van der Waals surface area contributed by atoms with E-state index in [9.17, 15) is 0 Å². The van der Waals surface area contributed by atoms with Crippen LogP contribution >= 0.6 is 12.4 Å². The molecule has 4 aromatic rings. The Hall–Kier alpha value is -3.19. The van der Waals surface area contributed by atoms with E-state index in [1.807, 2.05) is 36.9 Å². The van der Waals surface area contributed by atoms with E-state index in [2.05, 4.69) is 36.7 Å². The summed E-state index contributed by atoms with van der Waals surface area (Å²) in [6.45, 7) is 3.44. The van der Waals surface area contributed by atoms with Gasteiger partial charge in [-0.1, -0.05) is 5.92 Å². The molecule has 0 spiro atoms. The van der Waals surface area contributed by atoms with Crippen molar-refractivity contribution in [3.63, 3.8) is 0 Å². The SMILES string of the molecule is COC[C@H]1C[C@H](n2nc(C#Cc3ccc4c(c3)nc(C)n4C)c3c(N)ncnc32)CN1.Cl. The van der Waals surface area contributed by atoms with Gasteiger partial charge in [0.05, 0.1) is 29.1 Å². The summed E-state index contributed by atoms with van der Waals surface area (Å²) in [4.78, 5) is 13.2. The van der Waals surface area contributed by atoms with Gasteiger partial charge in [-0.15, -0.1) is 12.4 Å². The molecule has 0 saturated carbocycles. The minimum atomic E-state index is 0. The highest BCUT2D eigenvalue weighted by atomic mass is 35.5. The first-order chi connectivity index (χ1) is 15.0. The van der Waals surface area contributed by atoms with Crippen LogP contribution in [0, 0.1) is 18.8 Å². The second kappa shape index (κ2) is 8.74. The fourth-order valence-electron chi connectivity index (χ4n) is 4.18. The fraction of sp³-hybridized carbons (Fsp3) is 0.364. The van der Waals surface area contributed by atoms with Gasteiger partial charge in [0.1, 0.15) is 23.7 Å².